The van der Waals surface area contributed by atoms with Gasteiger partial charge in [0.1, 0.15) is 0 Å². The van der Waals surface area contributed by atoms with E-state index >= 15 is 0 Å². The number of hydrogen-bond donors (Lipinski definition) is 1. The summed E-state index contributed by atoms with van der Waals surface area (Å²) >= 11 is 7.87. The average Bonchev–Trinajstić information content (AvgIpc) is 2.55. The molecule has 0 aromatic carbocycles. The van der Waals surface area contributed by atoms with Crippen molar-refractivity contribution in [2.24, 2.45) is 5.92 Å². The van der Waals surface area contributed by atoms with Gasteiger partial charge in [-0.1, -0.05) is 38.8 Å². The topological polar surface area (TPSA) is 12.0 Å². The Bertz CT molecular complexity index is 302. The zero-order valence-electron chi connectivity index (χ0n) is 10.6. The molecule has 0 spiro atoms. The van der Waals surface area contributed by atoms with Crippen LogP contribution in [0.25, 0.3) is 0 Å². The number of aryl methyl sites for hydroxylation is 1. The van der Waals surface area contributed by atoms with Crippen LogP contribution < -0.4 is 5.32 Å². The number of thiophene rings is 1. The third-order valence-corrected chi connectivity index (χ3v) is 4.56. The summed E-state index contributed by atoms with van der Waals surface area (Å²) in [5, 5.41) is 3.58. The van der Waals surface area contributed by atoms with Gasteiger partial charge in [-0.25, -0.2) is 0 Å². The molecule has 0 saturated heterocycles. The second kappa shape index (κ2) is 6.63. The summed E-state index contributed by atoms with van der Waals surface area (Å²) < 4.78 is 0.932. The molecule has 0 aliphatic rings. The molecule has 0 bridgehead atoms. The van der Waals surface area contributed by atoms with Gasteiger partial charge in [-0.05, 0) is 37.4 Å². The maximum absolute atomic E-state index is 6.15. The molecule has 2 unspecified atom stereocenters. The smallest absolute Gasteiger partial charge is 0.0960 e. The van der Waals surface area contributed by atoms with Crippen molar-refractivity contribution in [1.82, 2.24) is 5.32 Å². The highest BCUT2D eigenvalue weighted by molar-refractivity contribution is 7.16. The largest absolute Gasteiger partial charge is 0.309 e. The third kappa shape index (κ3) is 3.47. The van der Waals surface area contributed by atoms with E-state index in [1.165, 1.54) is 23.3 Å². The van der Waals surface area contributed by atoms with Crippen molar-refractivity contribution >= 4 is 22.9 Å². The van der Waals surface area contributed by atoms with Crippen molar-refractivity contribution in [2.45, 2.75) is 46.6 Å². The van der Waals surface area contributed by atoms with Crippen molar-refractivity contribution in [2.75, 3.05) is 6.54 Å². The first-order chi connectivity index (χ1) is 7.60. The fourth-order valence-corrected chi connectivity index (χ4v) is 3.49. The Hall–Kier alpha value is -0.0500. The highest BCUT2D eigenvalue weighted by Gasteiger charge is 2.20. The van der Waals surface area contributed by atoms with E-state index in [1.54, 1.807) is 11.3 Å². The van der Waals surface area contributed by atoms with Gasteiger partial charge in [-0.2, -0.15) is 0 Å². The first kappa shape index (κ1) is 14.0. The molecule has 0 aliphatic heterocycles. The van der Waals surface area contributed by atoms with Crippen LogP contribution in [-0.2, 0) is 0 Å². The zero-order chi connectivity index (χ0) is 12.1. The normalized spacial score (nSPS) is 15.1. The quantitative estimate of drug-likeness (QED) is 0.774. The fourth-order valence-electron chi connectivity index (χ4n) is 2.06. The maximum atomic E-state index is 6.15. The Balaban J connectivity index is 2.83. The van der Waals surface area contributed by atoms with Crippen LogP contribution in [-0.4, -0.2) is 6.54 Å². The summed E-state index contributed by atoms with van der Waals surface area (Å²) in [7, 11) is 0. The van der Waals surface area contributed by atoms with Gasteiger partial charge in [-0.15, -0.1) is 11.3 Å². The summed E-state index contributed by atoms with van der Waals surface area (Å²) in [5.74, 6) is 0.666. The molecule has 92 valence electrons. The van der Waals surface area contributed by atoms with Crippen LogP contribution in [0.3, 0.4) is 0 Å². The highest BCUT2D eigenvalue weighted by Crippen LogP contribution is 2.35. The number of hydrogen-bond acceptors (Lipinski definition) is 2. The molecule has 1 nitrogen and oxygen atoms in total. The van der Waals surface area contributed by atoms with Crippen molar-refractivity contribution in [3.63, 3.8) is 0 Å². The summed E-state index contributed by atoms with van der Waals surface area (Å²) in [6.07, 6.45) is 2.49. The van der Waals surface area contributed by atoms with E-state index in [-0.39, 0.29) is 0 Å². The molecule has 1 aromatic rings. The van der Waals surface area contributed by atoms with E-state index in [0.717, 1.165) is 10.9 Å². The lowest BCUT2D eigenvalue weighted by Crippen LogP contribution is -2.26. The van der Waals surface area contributed by atoms with Crippen molar-refractivity contribution in [3.05, 3.63) is 20.8 Å². The highest BCUT2D eigenvalue weighted by atomic mass is 35.5. The summed E-state index contributed by atoms with van der Waals surface area (Å²) in [6.45, 7) is 9.81. The Morgan fingerprint density at radius 1 is 1.44 bits per heavy atom. The Kier molecular flexibility index (Phi) is 5.81. The first-order valence-electron chi connectivity index (χ1n) is 6.09. The molecule has 0 amide bonds. The van der Waals surface area contributed by atoms with Crippen molar-refractivity contribution in [3.8, 4) is 0 Å². The molecule has 0 saturated carbocycles. The van der Waals surface area contributed by atoms with Crippen LogP contribution in [0.15, 0.2) is 6.07 Å². The lowest BCUT2D eigenvalue weighted by atomic mass is 9.95. The molecule has 1 rings (SSSR count). The second-order valence-corrected chi connectivity index (χ2v) is 6.09. The van der Waals surface area contributed by atoms with Crippen molar-refractivity contribution in [1.29, 1.82) is 0 Å². The SMILES string of the molecule is CCCC(C)C(NCC)c1cc(C)c(Cl)s1. The fraction of sp³-hybridized carbons (Fsp3) is 0.692. The monoisotopic (exact) mass is 259 g/mol. The lowest BCUT2D eigenvalue weighted by Gasteiger charge is -2.23. The Morgan fingerprint density at radius 2 is 2.12 bits per heavy atom. The predicted octanol–water partition coefficient (Wildman–Crippen LogP) is 4.80. The predicted molar refractivity (Wildman–Crippen MR) is 74.6 cm³/mol. The van der Waals surface area contributed by atoms with E-state index < -0.39 is 0 Å². The van der Waals surface area contributed by atoms with Crippen LogP contribution >= 0.6 is 22.9 Å². The van der Waals surface area contributed by atoms with Crippen LogP contribution in [0.2, 0.25) is 4.34 Å². The molecule has 1 aromatic heterocycles. The van der Waals surface area contributed by atoms with E-state index in [2.05, 4.69) is 39.1 Å². The summed E-state index contributed by atoms with van der Waals surface area (Å²) in [6, 6.07) is 2.69. The van der Waals surface area contributed by atoms with Gasteiger partial charge in [0.15, 0.2) is 0 Å². The van der Waals surface area contributed by atoms with Gasteiger partial charge < -0.3 is 5.32 Å². The van der Waals surface area contributed by atoms with Gasteiger partial charge in [-0.3, -0.25) is 0 Å². The molecule has 16 heavy (non-hydrogen) atoms. The molecule has 0 radical (unpaired) electrons. The molecule has 2 atom stereocenters. The molecule has 0 aliphatic carbocycles. The minimum Gasteiger partial charge on any atom is -0.309 e. The number of nitrogens with one attached hydrogen (secondary N) is 1. The molecule has 1 N–H and O–H groups in total. The molecule has 0 fully saturated rings. The van der Waals surface area contributed by atoms with Crippen molar-refractivity contribution < 1.29 is 0 Å². The van der Waals surface area contributed by atoms with Crippen LogP contribution in [0, 0.1) is 12.8 Å². The van der Waals surface area contributed by atoms with Crippen LogP contribution in [0.1, 0.15) is 50.1 Å². The van der Waals surface area contributed by atoms with Crippen LogP contribution in [0.4, 0.5) is 0 Å². The van der Waals surface area contributed by atoms with Gasteiger partial charge in [0.05, 0.1) is 4.34 Å². The summed E-state index contributed by atoms with van der Waals surface area (Å²) in [4.78, 5) is 1.38. The number of rotatable bonds is 6. The van der Waals surface area contributed by atoms with Gasteiger partial charge >= 0.3 is 0 Å². The Morgan fingerprint density at radius 3 is 2.56 bits per heavy atom. The number of halogens is 1. The lowest BCUT2D eigenvalue weighted by molar-refractivity contribution is 0.374. The van der Waals surface area contributed by atoms with E-state index in [0.29, 0.717) is 12.0 Å². The Labute approximate surface area is 108 Å². The third-order valence-electron chi connectivity index (χ3n) is 2.92. The van der Waals surface area contributed by atoms with Gasteiger partial charge in [0.25, 0.3) is 0 Å². The van der Waals surface area contributed by atoms with E-state index in [9.17, 15) is 0 Å². The van der Waals surface area contributed by atoms with Gasteiger partial charge in [0.2, 0.25) is 0 Å². The van der Waals surface area contributed by atoms with Gasteiger partial charge in [0, 0.05) is 10.9 Å². The van der Waals surface area contributed by atoms with E-state index in [4.69, 9.17) is 11.6 Å². The minimum absolute atomic E-state index is 0.459. The zero-order valence-corrected chi connectivity index (χ0v) is 12.2. The summed E-state index contributed by atoms with van der Waals surface area (Å²) in [5.41, 5.74) is 1.20. The first-order valence-corrected chi connectivity index (χ1v) is 7.28. The molecular formula is C13H22ClNS. The minimum atomic E-state index is 0.459. The van der Waals surface area contributed by atoms with E-state index in [1.807, 2.05) is 0 Å². The molecule has 1 heterocycles. The maximum Gasteiger partial charge on any atom is 0.0960 e. The molecule has 3 heteroatoms. The average molecular weight is 260 g/mol. The molecular weight excluding hydrogens is 238 g/mol. The standard InChI is InChI=1S/C13H22ClNS/c1-5-7-9(3)12(15-6-2)11-8-10(4)13(14)16-11/h8-9,12,15H,5-7H2,1-4H3. The van der Waals surface area contributed by atoms with Crippen LogP contribution in [0.5, 0.6) is 0 Å². The second-order valence-electron chi connectivity index (χ2n) is 4.41.